The molecule has 1 heterocycles. The standard InChI is InChI=1S/C10H14BrNO3/c1-7(2)12(4-5-13)10(14)8-3-6-15-9(8)11/h3,6-7,13H,4-5H2,1-2H3. The Labute approximate surface area is 97.0 Å². The minimum Gasteiger partial charge on any atom is -0.457 e. The lowest BCUT2D eigenvalue weighted by Crippen LogP contribution is -2.38. The van der Waals surface area contributed by atoms with E-state index in [4.69, 9.17) is 9.52 Å². The minimum atomic E-state index is -0.139. The molecule has 0 aliphatic heterocycles. The molecule has 0 aliphatic rings. The molecule has 5 heteroatoms. The van der Waals surface area contributed by atoms with Gasteiger partial charge in [-0.25, -0.2) is 0 Å². The van der Waals surface area contributed by atoms with Crippen LogP contribution >= 0.6 is 15.9 Å². The molecule has 0 saturated carbocycles. The highest BCUT2D eigenvalue weighted by atomic mass is 79.9. The Bertz CT molecular complexity index is 335. The molecule has 1 aromatic rings. The average Bonchev–Trinajstić information content (AvgIpc) is 2.59. The van der Waals surface area contributed by atoms with Gasteiger partial charge in [0.25, 0.3) is 5.91 Å². The number of aliphatic hydroxyl groups excluding tert-OH is 1. The molecular formula is C10H14BrNO3. The Morgan fingerprint density at radius 1 is 1.67 bits per heavy atom. The van der Waals surface area contributed by atoms with Gasteiger partial charge >= 0.3 is 0 Å². The first kappa shape index (κ1) is 12.3. The van der Waals surface area contributed by atoms with Crippen molar-refractivity contribution in [2.75, 3.05) is 13.2 Å². The van der Waals surface area contributed by atoms with Crippen LogP contribution in [-0.4, -0.2) is 35.1 Å². The summed E-state index contributed by atoms with van der Waals surface area (Å²) in [6, 6.07) is 1.66. The van der Waals surface area contributed by atoms with Gasteiger partial charge < -0.3 is 14.4 Å². The first-order valence-electron chi connectivity index (χ1n) is 4.72. The number of halogens is 1. The van der Waals surface area contributed by atoms with E-state index in [0.717, 1.165) is 0 Å². The van der Waals surface area contributed by atoms with Gasteiger partial charge in [0.05, 0.1) is 18.4 Å². The lowest BCUT2D eigenvalue weighted by atomic mass is 10.2. The highest BCUT2D eigenvalue weighted by Gasteiger charge is 2.21. The molecule has 0 aliphatic carbocycles. The first-order chi connectivity index (χ1) is 7.07. The van der Waals surface area contributed by atoms with Gasteiger partial charge in [0.1, 0.15) is 0 Å². The molecule has 1 N–H and O–H groups in total. The third-order valence-corrected chi connectivity index (χ3v) is 2.69. The molecule has 0 unspecified atom stereocenters. The van der Waals surface area contributed by atoms with Crippen molar-refractivity contribution in [2.45, 2.75) is 19.9 Å². The number of carbonyl (C=O) groups excluding carboxylic acids is 1. The van der Waals surface area contributed by atoms with E-state index in [9.17, 15) is 4.79 Å². The quantitative estimate of drug-likeness (QED) is 0.913. The van der Waals surface area contributed by atoms with Gasteiger partial charge in [0, 0.05) is 12.6 Å². The van der Waals surface area contributed by atoms with E-state index in [2.05, 4.69) is 15.9 Å². The molecule has 15 heavy (non-hydrogen) atoms. The van der Waals surface area contributed by atoms with Crippen LogP contribution in [0.2, 0.25) is 0 Å². The van der Waals surface area contributed by atoms with Gasteiger partial charge in [-0.15, -0.1) is 0 Å². The van der Waals surface area contributed by atoms with Crippen LogP contribution in [0.1, 0.15) is 24.2 Å². The summed E-state index contributed by atoms with van der Waals surface area (Å²) in [5.41, 5.74) is 0.483. The van der Waals surface area contributed by atoms with E-state index in [-0.39, 0.29) is 18.6 Å². The third-order valence-electron chi connectivity index (χ3n) is 2.07. The maximum Gasteiger partial charge on any atom is 0.258 e. The normalized spacial score (nSPS) is 10.7. The maximum absolute atomic E-state index is 12.0. The zero-order valence-corrected chi connectivity index (χ0v) is 10.3. The Kier molecular flexibility index (Phi) is 4.35. The Balaban J connectivity index is 2.86. The van der Waals surface area contributed by atoms with E-state index < -0.39 is 0 Å². The van der Waals surface area contributed by atoms with E-state index in [1.165, 1.54) is 6.26 Å². The minimum absolute atomic E-state index is 0.0423. The van der Waals surface area contributed by atoms with Crippen molar-refractivity contribution in [3.05, 3.63) is 22.6 Å². The van der Waals surface area contributed by atoms with Crippen molar-refractivity contribution in [2.24, 2.45) is 0 Å². The van der Waals surface area contributed by atoms with Crippen LogP contribution in [-0.2, 0) is 0 Å². The highest BCUT2D eigenvalue weighted by molar-refractivity contribution is 9.10. The fourth-order valence-electron chi connectivity index (χ4n) is 1.30. The molecule has 0 bridgehead atoms. The second kappa shape index (κ2) is 5.32. The summed E-state index contributed by atoms with van der Waals surface area (Å²) < 4.78 is 5.43. The van der Waals surface area contributed by atoms with Crippen molar-refractivity contribution in [1.82, 2.24) is 4.90 Å². The number of carbonyl (C=O) groups is 1. The lowest BCUT2D eigenvalue weighted by molar-refractivity contribution is 0.0663. The molecule has 0 fully saturated rings. The predicted molar refractivity (Wildman–Crippen MR) is 59.7 cm³/mol. The third kappa shape index (κ3) is 2.82. The summed E-state index contributed by atoms with van der Waals surface area (Å²) in [6.07, 6.45) is 1.45. The van der Waals surface area contributed by atoms with E-state index in [0.29, 0.717) is 16.8 Å². The molecule has 1 amide bonds. The fourth-order valence-corrected chi connectivity index (χ4v) is 1.71. The highest BCUT2D eigenvalue weighted by Crippen LogP contribution is 2.20. The van der Waals surface area contributed by atoms with Crippen LogP contribution in [0.25, 0.3) is 0 Å². The largest absolute Gasteiger partial charge is 0.457 e. The lowest BCUT2D eigenvalue weighted by Gasteiger charge is -2.25. The van der Waals surface area contributed by atoms with Gasteiger partial charge in [-0.05, 0) is 35.8 Å². The van der Waals surface area contributed by atoms with Crippen LogP contribution in [0.15, 0.2) is 21.4 Å². The van der Waals surface area contributed by atoms with Crippen LogP contribution < -0.4 is 0 Å². The van der Waals surface area contributed by atoms with E-state index >= 15 is 0 Å². The molecule has 0 radical (unpaired) electrons. The van der Waals surface area contributed by atoms with Gasteiger partial charge in [0.2, 0.25) is 0 Å². The summed E-state index contributed by atoms with van der Waals surface area (Å²) in [6.45, 7) is 4.09. The summed E-state index contributed by atoms with van der Waals surface area (Å²) in [7, 11) is 0. The van der Waals surface area contributed by atoms with Gasteiger partial charge in [-0.2, -0.15) is 0 Å². The first-order valence-corrected chi connectivity index (χ1v) is 5.52. The van der Waals surface area contributed by atoms with Crippen LogP contribution in [0, 0.1) is 0 Å². The molecular weight excluding hydrogens is 262 g/mol. The van der Waals surface area contributed by atoms with Crippen molar-refractivity contribution >= 4 is 21.8 Å². The Hall–Kier alpha value is -0.810. The second-order valence-corrected chi connectivity index (χ2v) is 4.14. The SMILES string of the molecule is CC(C)N(CCO)C(=O)c1ccoc1Br. The molecule has 0 aromatic carbocycles. The van der Waals surface area contributed by atoms with E-state index in [1.54, 1.807) is 11.0 Å². The molecule has 1 aromatic heterocycles. The summed E-state index contributed by atoms with van der Waals surface area (Å²) in [4.78, 5) is 13.6. The zero-order valence-electron chi connectivity index (χ0n) is 8.74. The number of aliphatic hydroxyl groups is 1. The molecule has 0 spiro atoms. The maximum atomic E-state index is 12.0. The summed E-state index contributed by atoms with van der Waals surface area (Å²) >= 11 is 3.16. The average molecular weight is 276 g/mol. The van der Waals surface area contributed by atoms with Crippen LogP contribution in [0.4, 0.5) is 0 Å². The van der Waals surface area contributed by atoms with Crippen molar-refractivity contribution in [1.29, 1.82) is 0 Å². The van der Waals surface area contributed by atoms with Crippen molar-refractivity contribution in [3.8, 4) is 0 Å². The van der Waals surface area contributed by atoms with Gasteiger partial charge in [0.15, 0.2) is 4.67 Å². The Morgan fingerprint density at radius 2 is 2.33 bits per heavy atom. The molecule has 1 rings (SSSR count). The zero-order chi connectivity index (χ0) is 11.4. The molecule has 0 saturated heterocycles. The van der Waals surface area contributed by atoms with Crippen LogP contribution in [0.3, 0.4) is 0 Å². The predicted octanol–water partition coefficient (Wildman–Crippen LogP) is 1.89. The number of hydrogen-bond acceptors (Lipinski definition) is 3. The topological polar surface area (TPSA) is 53.7 Å². The van der Waals surface area contributed by atoms with Gasteiger partial charge in [-0.1, -0.05) is 0 Å². The van der Waals surface area contributed by atoms with Crippen molar-refractivity contribution in [3.63, 3.8) is 0 Å². The number of amides is 1. The fraction of sp³-hybridized carbons (Fsp3) is 0.500. The molecule has 0 atom stereocenters. The van der Waals surface area contributed by atoms with Crippen LogP contribution in [0.5, 0.6) is 0 Å². The smallest absolute Gasteiger partial charge is 0.258 e. The Morgan fingerprint density at radius 3 is 2.73 bits per heavy atom. The monoisotopic (exact) mass is 275 g/mol. The number of rotatable bonds is 4. The van der Waals surface area contributed by atoms with Crippen molar-refractivity contribution < 1.29 is 14.3 Å². The summed E-state index contributed by atoms with van der Waals surface area (Å²) in [5, 5.41) is 8.87. The molecule has 84 valence electrons. The second-order valence-electron chi connectivity index (χ2n) is 3.42. The molecule has 4 nitrogen and oxygen atoms in total. The van der Waals surface area contributed by atoms with Gasteiger partial charge in [-0.3, -0.25) is 4.79 Å². The number of furan rings is 1. The summed E-state index contributed by atoms with van der Waals surface area (Å²) in [5.74, 6) is -0.139. The number of hydrogen-bond donors (Lipinski definition) is 1. The number of nitrogens with zero attached hydrogens (tertiary/aromatic N) is 1. The van der Waals surface area contributed by atoms with E-state index in [1.807, 2.05) is 13.8 Å².